The van der Waals surface area contributed by atoms with E-state index < -0.39 is 0 Å². The fourth-order valence-electron chi connectivity index (χ4n) is 3.17. The first-order valence-electron chi connectivity index (χ1n) is 9.73. The molecule has 1 amide bonds. The molecule has 0 aliphatic heterocycles. The zero-order chi connectivity index (χ0) is 21.7. The van der Waals surface area contributed by atoms with Crippen molar-refractivity contribution >= 4 is 39.3 Å². The molecule has 0 aliphatic rings. The van der Waals surface area contributed by atoms with Crippen LogP contribution in [0.15, 0.2) is 52.1 Å². The molecule has 2 aromatic carbocycles. The summed E-state index contributed by atoms with van der Waals surface area (Å²) < 4.78 is 8.97. The molecule has 0 unspecified atom stereocenters. The van der Waals surface area contributed by atoms with E-state index in [4.69, 9.17) is 4.74 Å². The molecule has 0 saturated carbocycles. The van der Waals surface area contributed by atoms with Crippen LogP contribution in [0.1, 0.15) is 36.9 Å². The number of ether oxygens (including phenoxy) is 1. The van der Waals surface area contributed by atoms with Crippen molar-refractivity contribution < 1.29 is 9.53 Å². The van der Waals surface area contributed by atoms with Crippen LogP contribution in [0.2, 0.25) is 0 Å². The van der Waals surface area contributed by atoms with Gasteiger partial charge in [0.2, 0.25) is 5.91 Å². The molecule has 6 nitrogen and oxygen atoms in total. The lowest BCUT2D eigenvalue weighted by molar-refractivity contribution is -0.113. The maximum atomic E-state index is 12.5. The molecule has 3 rings (SSSR count). The highest BCUT2D eigenvalue weighted by molar-refractivity contribution is 9.10. The van der Waals surface area contributed by atoms with Crippen molar-refractivity contribution in [2.75, 3.05) is 11.1 Å². The summed E-state index contributed by atoms with van der Waals surface area (Å²) in [7, 11) is 0. The molecule has 0 aliphatic carbocycles. The number of para-hydroxylation sites is 1. The van der Waals surface area contributed by atoms with Gasteiger partial charge in [0.25, 0.3) is 0 Å². The van der Waals surface area contributed by atoms with Gasteiger partial charge in [-0.05, 0) is 63.1 Å². The Balaban J connectivity index is 1.65. The largest absolute Gasteiger partial charge is 0.483 e. The number of carbonyl (C=O) groups excluding carboxylic acids is 1. The summed E-state index contributed by atoms with van der Waals surface area (Å²) in [6.07, 6.45) is -0.254. The highest BCUT2D eigenvalue weighted by Gasteiger charge is 2.19. The number of aromatic nitrogens is 3. The molecular formula is C22H25BrN4O2S. The Bertz CT molecular complexity index is 1000. The Morgan fingerprint density at radius 1 is 1.20 bits per heavy atom. The van der Waals surface area contributed by atoms with Gasteiger partial charge in [-0.15, -0.1) is 10.2 Å². The van der Waals surface area contributed by atoms with Crippen molar-refractivity contribution in [3.05, 3.63) is 63.9 Å². The Morgan fingerprint density at radius 2 is 1.87 bits per heavy atom. The third-order valence-corrected chi connectivity index (χ3v) is 6.00. The summed E-state index contributed by atoms with van der Waals surface area (Å²) in [6.45, 7) is 8.63. The number of halogens is 1. The van der Waals surface area contributed by atoms with Gasteiger partial charge in [0.05, 0.1) is 5.75 Å². The van der Waals surface area contributed by atoms with Crippen LogP contribution < -0.4 is 10.1 Å². The van der Waals surface area contributed by atoms with Crippen molar-refractivity contribution in [2.24, 2.45) is 0 Å². The third-order valence-electron chi connectivity index (χ3n) is 4.58. The smallest absolute Gasteiger partial charge is 0.234 e. The molecule has 0 spiro atoms. The summed E-state index contributed by atoms with van der Waals surface area (Å²) in [5, 5.41) is 12.3. The molecule has 3 aromatic rings. The molecule has 0 radical (unpaired) electrons. The quantitative estimate of drug-likeness (QED) is 0.421. The maximum absolute atomic E-state index is 12.5. The van der Waals surface area contributed by atoms with E-state index in [9.17, 15) is 4.79 Å². The SMILES string of the molecule is CCn1c(SCC(=O)Nc2c(C)cc(Br)cc2C)nnc1[C@H](C)Oc1ccccc1. The van der Waals surface area contributed by atoms with Gasteiger partial charge in [-0.2, -0.15) is 0 Å². The van der Waals surface area contributed by atoms with E-state index in [1.807, 2.05) is 74.7 Å². The number of carbonyl (C=O) groups is 1. The standard InChI is InChI=1S/C22H25BrN4O2S/c1-5-27-21(16(4)29-18-9-7-6-8-10-18)25-26-22(27)30-13-19(28)24-20-14(2)11-17(23)12-15(20)3/h6-12,16H,5,13H2,1-4H3,(H,24,28)/t16-/m0/s1. The Hall–Kier alpha value is -2.32. The summed E-state index contributed by atoms with van der Waals surface area (Å²) in [5.74, 6) is 1.70. The van der Waals surface area contributed by atoms with E-state index in [1.165, 1.54) is 11.8 Å². The summed E-state index contributed by atoms with van der Waals surface area (Å²) in [6, 6.07) is 13.6. The number of hydrogen-bond acceptors (Lipinski definition) is 5. The molecule has 0 fully saturated rings. The summed E-state index contributed by atoms with van der Waals surface area (Å²) in [5.41, 5.74) is 2.89. The number of aryl methyl sites for hydroxylation is 2. The van der Waals surface area contributed by atoms with Crippen LogP contribution in [0, 0.1) is 13.8 Å². The van der Waals surface area contributed by atoms with Gasteiger partial charge in [0.15, 0.2) is 17.1 Å². The topological polar surface area (TPSA) is 69.0 Å². The van der Waals surface area contributed by atoms with E-state index in [0.717, 1.165) is 32.9 Å². The van der Waals surface area contributed by atoms with E-state index in [2.05, 4.69) is 31.4 Å². The second kappa shape index (κ2) is 10.1. The van der Waals surface area contributed by atoms with Crippen molar-refractivity contribution in [3.63, 3.8) is 0 Å². The fraction of sp³-hybridized carbons (Fsp3) is 0.318. The lowest BCUT2D eigenvalue weighted by Crippen LogP contribution is -2.16. The van der Waals surface area contributed by atoms with Crippen LogP contribution in [0.25, 0.3) is 0 Å². The number of rotatable bonds is 8. The Morgan fingerprint density at radius 3 is 2.50 bits per heavy atom. The predicted octanol–water partition coefficient (Wildman–Crippen LogP) is 5.55. The molecule has 0 saturated heterocycles. The number of anilines is 1. The summed E-state index contributed by atoms with van der Waals surface area (Å²) >= 11 is 4.85. The Labute approximate surface area is 189 Å². The van der Waals surface area contributed by atoms with Crippen molar-refractivity contribution in [1.82, 2.24) is 14.8 Å². The monoisotopic (exact) mass is 488 g/mol. The molecule has 1 N–H and O–H groups in total. The van der Waals surface area contributed by atoms with Gasteiger partial charge >= 0.3 is 0 Å². The van der Waals surface area contributed by atoms with Crippen LogP contribution in [-0.2, 0) is 11.3 Å². The van der Waals surface area contributed by atoms with E-state index >= 15 is 0 Å². The average molecular weight is 489 g/mol. The first-order valence-corrected chi connectivity index (χ1v) is 11.5. The van der Waals surface area contributed by atoms with Gasteiger partial charge in [-0.3, -0.25) is 4.79 Å². The lowest BCUT2D eigenvalue weighted by atomic mass is 10.1. The normalized spacial score (nSPS) is 11.9. The number of nitrogens with one attached hydrogen (secondary N) is 1. The fourth-order valence-corrected chi connectivity index (χ4v) is 4.67. The third kappa shape index (κ3) is 5.43. The number of amides is 1. The molecule has 8 heteroatoms. The highest BCUT2D eigenvalue weighted by Crippen LogP contribution is 2.27. The molecule has 1 heterocycles. The average Bonchev–Trinajstić information content (AvgIpc) is 3.13. The predicted molar refractivity (Wildman–Crippen MR) is 124 cm³/mol. The van der Waals surface area contributed by atoms with Crippen LogP contribution in [0.3, 0.4) is 0 Å². The van der Waals surface area contributed by atoms with Crippen LogP contribution in [0.5, 0.6) is 5.75 Å². The van der Waals surface area contributed by atoms with Crippen LogP contribution >= 0.6 is 27.7 Å². The maximum Gasteiger partial charge on any atom is 0.234 e. The lowest BCUT2D eigenvalue weighted by Gasteiger charge is -2.15. The zero-order valence-electron chi connectivity index (χ0n) is 17.5. The van der Waals surface area contributed by atoms with Crippen molar-refractivity contribution in [1.29, 1.82) is 0 Å². The minimum Gasteiger partial charge on any atom is -0.483 e. The zero-order valence-corrected chi connectivity index (χ0v) is 19.9. The van der Waals surface area contributed by atoms with Gasteiger partial charge < -0.3 is 14.6 Å². The van der Waals surface area contributed by atoms with Crippen LogP contribution in [-0.4, -0.2) is 26.4 Å². The first kappa shape index (κ1) is 22.4. The molecule has 1 aromatic heterocycles. The van der Waals surface area contributed by atoms with Gasteiger partial charge in [-0.25, -0.2) is 0 Å². The molecular weight excluding hydrogens is 464 g/mol. The molecule has 158 valence electrons. The van der Waals surface area contributed by atoms with Crippen LogP contribution in [0.4, 0.5) is 5.69 Å². The Kier molecular flexibility index (Phi) is 7.55. The number of nitrogens with zero attached hydrogens (tertiary/aromatic N) is 3. The minimum absolute atomic E-state index is 0.0747. The van der Waals surface area contributed by atoms with E-state index in [1.54, 1.807) is 0 Å². The number of thioether (sulfide) groups is 1. The highest BCUT2D eigenvalue weighted by atomic mass is 79.9. The second-order valence-electron chi connectivity index (χ2n) is 6.91. The molecule has 1 atom stereocenters. The molecule has 30 heavy (non-hydrogen) atoms. The van der Waals surface area contributed by atoms with Gasteiger partial charge in [0, 0.05) is 16.7 Å². The summed E-state index contributed by atoms with van der Waals surface area (Å²) in [4.78, 5) is 12.5. The van der Waals surface area contributed by atoms with Gasteiger partial charge in [-0.1, -0.05) is 45.9 Å². The van der Waals surface area contributed by atoms with E-state index in [0.29, 0.717) is 11.7 Å². The van der Waals surface area contributed by atoms with E-state index in [-0.39, 0.29) is 17.8 Å². The van der Waals surface area contributed by atoms with Crippen molar-refractivity contribution in [2.45, 2.75) is 45.5 Å². The second-order valence-corrected chi connectivity index (χ2v) is 8.77. The number of benzene rings is 2. The minimum atomic E-state index is -0.254. The first-order chi connectivity index (χ1) is 14.4. The molecule has 0 bridgehead atoms. The van der Waals surface area contributed by atoms with Gasteiger partial charge in [0.1, 0.15) is 5.75 Å². The number of hydrogen-bond donors (Lipinski definition) is 1. The van der Waals surface area contributed by atoms with Crippen molar-refractivity contribution in [3.8, 4) is 5.75 Å².